The van der Waals surface area contributed by atoms with Gasteiger partial charge in [-0.1, -0.05) is 20.8 Å². The lowest BCUT2D eigenvalue weighted by atomic mass is 10.1. The van der Waals surface area contributed by atoms with Crippen LogP contribution >= 0.6 is 11.3 Å². The van der Waals surface area contributed by atoms with E-state index in [9.17, 15) is 0 Å². The van der Waals surface area contributed by atoms with E-state index in [1.807, 2.05) is 11.3 Å². The SMILES string of the molecule is CCc1ccsc1CN1CCC(CNCC(C)C)C1. The van der Waals surface area contributed by atoms with Crippen molar-refractivity contribution in [3.05, 3.63) is 21.9 Å². The molecule has 108 valence electrons. The highest BCUT2D eigenvalue weighted by molar-refractivity contribution is 7.10. The monoisotopic (exact) mass is 280 g/mol. The van der Waals surface area contributed by atoms with Gasteiger partial charge < -0.3 is 5.32 Å². The van der Waals surface area contributed by atoms with Gasteiger partial charge in [0.25, 0.3) is 0 Å². The van der Waals surface area contributed by atoms with E-state index < -0.39 is 0 Å². The highest BCUT2D eigenvalue weighted by atomic mass is 32.1. The Kier molecular flexibility index (Phi) is 5.86. The largest absolute Gasteiger partial charge is 0.316 e. The summed E-state index contributed by atoms with van der Waals surface area (Å²) in [4.78, 5) is 4.21. The molecule has 2 rings (SSSR count). The lowest BCUT2D eigenvalue weighted by Crippen LogP contribution is -2.28. The fraction of sp³-hybridized carbons (Fsp3) is 0.750. The molecule has 0 amide bonds. The first-order valence-electron chi connectivity index (χ1n) is 7.67. The van der Waals surface area contributed by atoms with E-state index in [1.165, 1.54) is 39.0 Å². The summed E-state index contributed by atoms with van der Waals surface area (Å²) < 4.78 is 0. The van der Waals surface area contributed by atoms with Crippen LogP contribution in [0.5, 0.6) is 0 Å². The fourth-order valence-corrected chi connectivity index (χ4v) is 3.84. The topological polar surface area (TPSA) is 15.3 Å². The first-order valence-corrected chi connectivity index (χ1v) is 8.55. The molecule has 2 nitrogen and oxygen atoms in total. The summed E-state index contributed by atoms with van der Waals surface area (Å²) >= 11 is 1.93. The van der Waals surface area contributed by atoms with E-state index in [1.54, 1.807) is 10.4 Å². The second-order valence-electron chi connectivity index (χ2n) is 6.16. The van der Waals surface area contributed by atoms with Crippen molar-refractivity contribution in [2.75, 3.05) is 26.2 Å². The molecule has 19 heavy (non-hydrogen) atoms. The van der Waals surface area contributed by atoms with Crippen molar-refractivity contribution in [1.82, 2.24) is 10.2 Å². The zero-order valence-electron chi connectivity index (χ0n) is 12.6. The van der Waals surface area contributed by atoms with E-state index in [0.29, 0.717) is 0 Å². The number of rotatable bonds is 7. The summed E-state index contributed by atoms with van der Waals surface area (Å²) in [5, 5.41) is 5.85. The average Bonchev–Trinajstić information content (AvgIpc) is 2.98. The quantitative estimate of drug-likeness (QED) is 0.824. The Hall–Kier alpha value is -0.380. The molecular weight excluding hydrogens is 252 g/mol. The van der Waals surface area contributed by atoms with Gasteiger partial charge in [0.15, 0.2) is 0 Å². The van der Waals surface area contributed by atoms with Crippen LogP contribution in [0.2, 0.25) is 0 Å². The Morgan fingerprint density at radius 2 is 2.32 bits per heavy atom. The van der Waals surface area contributed by atoms with Gasteiger partial charge in [-0.25, -0.2) is 0 Å². The van der Waals surface area contributed by atoms with Crippen LogP contribution in [0.1, 0.15) is 37.6 Å². The molecule has 1 aliphatic heterocycles. The highest BCUT2D eigenvalue weighted by Crippen LogP contribution is 2.23. The number of nitrogens with zero attached hydrogens (tertiary/aromatic N) is 1. The first-order chi connectivity index (χ1) is 9.19. The summed E-state index contributed by atoms with van der Waals surface area (Å²) in [5.74, 6) is 1.61. The van der Waals surface area contributed by atoms with Gasteiger partial charge in [0, 0.05) is 18.0 Å². The lowest BCUT2D eigenvalue weighted by Gasteiger charge is -2.16. The zero-order valence-corrected chi connectivity index (χ0v) is 13.4. The van der Waals surface area contributed by atoms with E-state index in [2.05, 4.69) is 42.4 Å². The van der Waals surface area contributed by atoms with Gasteiger partial charge in [-0.3, -0.25) is 4.90 Å². The number of thiophene rings is 1. The number of aryl methyl sites for hydroxylation is 1. The number of nitrogens with one attached hydrogen (secondary N) is 1. The molecule has 1 saturated heterocycles. The first kappa shape index (κ1) is 15.0. The summed E-state index contributed by atoms with van der Waals surface area (Å²) in [6.45, 7) is 12.9. The van der Waals surface area contributed by atoms with Gasteiger partial charge in [0.1, 0.15) is 0 Å². The number of hydrogen-bond donors (Lipinski definition) is 1. The molecule has 0 saturated carbocycles. The van der Waals surface area contributed by atoms with Crippen molar-refractivity contribution in [2.45, 2.75) is 40.2 Å². The lowest BCUT2D eigenvalue weighted by molar-refractivity contribution is 0.315. The third kappa shape index (κ3) is 4.59. The Labute approximate surface area is 122 Å². The summed E-state index contributed by atoms with van der Waals surface area (Å²) in [6, 6.07) is 2.29. The molecule has 1 aromatic heterocycles. The van der Waals surface area contributed by atoms with E-state index >= 15 is 0 Å². The van der Waals surface area contributed by atoms with Crippen LogP contribution in [0.3, 0.4) is 0 Å². The van der Waals surface area contributed by atoms with Crippen molar-refractivity contribution in [1.29, 1.82) is 0 Å². The van der Waals surface area contributed by atoms with Crippen LogP contribution in [0.15, 0.2) is 11.4 Å². The molecule has 2 heterocycles. The van der Waals surface area contributed by atoms with Crippen LogP contribution in [0.4, 0.5) is 0 Å². The highest BCUT2D eigenvalue weighted by Gasteiger charge is 2.22. The molecule has 1 N–H and O–H groups in total. The molecule has 1 aromatic rings. The van der Waals surface area contributed by atoms with Crippen molar-refractivity contribution in [3.63, 3.8) is 0 Å². The molecule has 0 radical (unpaired) electrons. The van der Waals surface area contributed by atoms with Crippen LogP contribution in [0.25, 0.3) is 0 Å². The van der Waals surface area contributed by atoms with Crippen molar-refractivity contribution < 1.29 is 0 Å². The number of hydrogen-bond acceptors (Lipinski definition) is 3. The summed E-state index contributed by atoms with van der Waals surface area (Å²) in [6.07, 6.45) is 2.53. The Morgan fingerprint density at radius 1 is 1.47 bits per heavy atom. The maximum atomic E-state index is 3.60. The van der Waals surface area contributed by atoms with E-state index in [4.69, 9.17) is 0 Å². The molecule has 1 aliphatic rings. The van der Waals surface area contributed by atoms with Gasteiger partial charge in [-0.15, -0.1) is 11.3 Å². The second-order valence-corrected chi connectivity index (χ2v) is 7.17. The van der Waals surface area contributed by atoms with Gasteiger partial charge in [0.05, 0.1) is 0 Å². The Balaban J connectivity index is 1.73. The maximum Gasteiger partial charge on any atom is 0.0330 e. The standard InChI is InChI=1S/C16H28N2S/c1-4-15-6-8-19-16(15)12-18-7-5-14(11-18)10-17-9-13(2)3/h6,8,13-14,17H,4-5,7,9-12H2,1-3H3. The smallest absolute Gasteiger partial charge is 0.0330 e. The summed E-state index contributed by atoms with van der Waals surface area (Å²) in [7, 11) is 0. The molecule has 0 aromatic carbocycles. The second kappa shape index (κ2) is 7.41. The molecule has 0 spiro atoms. The average molecular weight is 280 g/mol. The van der Waals surface area contributed by atoms with Gasteiger partial charge in [-0.05, 0) is 61.3 Å². The van der Waals surface area contributed by atoms with Crippen LogP contribution < -0.4 is 5.32 Å². The fourth-order valence-electron chi connectivity index (χ4n) is 2.82. The third-order valence-corrected chi connectivity index (χ3v) is 4.89. The van der Waals surface area contributed by atoms with Crippen molar-refractivity contribution in [3.8, 4) is 0 Å². The minimum Gasteiger partial charge on any atom is -0.316 e. The minimum absolute atomic E-state index is 0.760. The molecule has 0 aliphatic carbocycles. The zero-order chi connectivity index (χ0) is 13.7. The Morgan fingerprint density at radius 3 is 3.05 bits per heavy atom. The van der Waals surface area contributed by atoms with Crippen LogP contribution in [-0.4, -0.2) is 31.1 Å². The van der Waals surface area contributed by atoms with Crippen LogP contribution in [-0.2, 0) is 13.0 Å². The normalized spacial score (nSPS) is 20.5. The summed E-state index contributed by atoms with van der Waals surface area (Å²) in [5.41, 5.74) is 1.55. The van der Waals surface area contributed by atoms with E-state index in [0.717, 1.165) is 18.4 Å². The van der Waals surface area contributed by atoms with Gasteiger partial charge in [0.2, 0.25) is 0 Å². The van der Waals surface area contributed by atoms with Gasteiger partial charge in [-0.2, -0.15) is 0 Å². The molecule has 3 heteroatoms. The van der Waals surface area contributed by atoms with Crippen LogP contribution in [0, 0.1) is 11.8 Å². The third-order valence-electron chi connectivity index (χ3n) is 3.94. The maximum absolute atomic E-state index is 3.60. The van der Waals surface area contributed by atoms with Gasteiger partial charge >= 0.3 is 0 Å². The minimum atomic E-state index is 0.760. The molecular formula is C16H28N2S. The Bertz CT molecular complexity index is 373. The molecule has 1 fully saturated rings. The number of likely N-dealkylation sites (tertiary alicyclic amines) is 1. The predicted octanol–water partition coefficient (Wildman–Crippen LogP) is 3.38. The molecule has 0 bridgehead atoms. The molecule has 1 unspecified atom stereocenters. The molecule has 1 atom stereocenters. The van der Waals surface area contributed by atoms with Crippen molar-refractivity contribution >= 4 is 11.3 Å². The van der Waals surface area contributed by atoms with E-state index in [-0.39, 0.29) is 0 Å². The van der Waals surface area contributed by atoms with Crippen molar-refractivity contribution in [2.24, 2.45) is 11.8 Å². The predicted molar refractivity (Wildman–Crippen MR) is 84.8 cm³/mol.